The second kappa shape index (κ2) is 3.72. The van der Waals surface area contributed by atoms with Gasteiger partial charge in [0.1, 0.15) is 0 Å². The van der Waals surface area contributed by atoms with E-state index in [0.29, 0.717) is 5.57 Å². The molecule has 3 nitrogen and oxygen atoms in total. The highest BCUT2D eigenvalue weighted by Gasteiger charge is 2.25. The third-order valence-electron chi connectivity index (χ3n) is 1.83. The minimum atomic E-state index is -0.415. The average Bonchev–Trinajstić information content (AvgIpc) is 1.82. The first-order chi connectivity index (χ1) is 5.27. The van der Waals surface area contributed by atoms with Gasteiger partial charge < -0.3 is 10.6 Å². The first kappa shape index (κ1) is 11.2. The number of hydrogen-bond donors (Lipinski definition) is 1. The molecule has 0 aromatic heterocycles. The average molecular weight is 170 g/mol. The summed E-state index contributed by atoms with van der Waals surface area (Å²) in [5, 5.41) is 0. The molecule has 0 rings (SSSR count). The molecular formula is C9H18N2O. The van der Waals surface area contributed by atoms with Gasteiger partial charge in [-0.25, -0.2) is 0 Å². The Morgan fingerprint density at radius 3 is 2.17 bits per heavy atom. The number of nitrogens with two attached hydrogens (primary N) is 1. The van der Waals surface area contributed by atoms with E-state index < -0.39 is 5.91 Å². The van der Waals surface area contributed by atoms with E-state index in [4.69, 9.17) is 5.73 Å². The number of nitrogens with zero attached hydrogens (tertiary/aromatic N) is 1. The number of hydrogen-bond acceptors (Lipinski definition) is 2. The maximum absolute atomic E-state index is 10.8. The third kappa shape index (κ3) is 3.05. The number of amides is 1. The standard InChI is InChI=1S/C9H18N2O/c1-7(8(10)12)9(2,3)6-11(4)5/h1,6H2,2-5H3,(H2,10,12). The lowest BCUT2D eigenvalue weighted by Crippen LogP contribution is -2.34. The summed E-state index contributed by atoms with van der Waals surface area (Å²) in [5.41, 5.74) is 5.38. The summed E-state index contributed by atoms with van der Waals surface area (Å²) in [7, 11) is 3.91. The molecule has 70 valence electrons. The zero-order valence-electron chi connectivity index (χ0n) is 8.35. The fraction of sp³-hybridized carbons (Fsp3) is 0.667. The van der Waals surface area contributed by atoms with Crippen LogP contribution in [0.5, 0.6) is 0 Å². The lowest BCUT2D eigenvalue weighted by molar-refractivity contribution is -0.115. The summed E-state index contributed by atoms with van der Waals surface area (Å²) in [6.45, 7) is 8.37. The fourth-order valence-electron chi connectivity index (χ4n) is 1.22. The molecule has 0 spiro atoms. The van der Waals surface area contributed by atoms with E-state index in [2.05, 4.69) is 6.58 Å². The normalized spacial score (nSPS) is 11.8. The summed E-state index contributed by atoms with van der Waals surface area (Å²) in [4.78, 5) is 12.8. The second-order valence-corrected chi connectivity index (χ2v) is 3.96. The van der Waals surface area contributed by atoms with Crippen LogP contribution in [0.3, 0.4) is 0 Å². The van der Waals surface area contributed by atoms with Crippen molar-refractivity contribution in [2.45, 2.75) is 13.8 Å². The van der Waals surface area contributed by atoms with Crippen molar-refractivity contribution >= 4 is 5.91 Å². The van der Waals surface area contributed by atoms with Gasteiger partial charge in [-0.15, -0.1) is 0 Å². The van der Waals surface area contributed by atoms with Gasteiger partial charge in [0.2, 0.25) is 5.91 Å². The highest BCUT2D eigenvalue weighted by atomic mass is 16.1. The molecular weight excluding hydrogens is 152 g/mol. The molecule has 0 unspecified atom stereocenters. The largest absolute Gasteiger partial charge is 0.366 e. The van der Waals surface area contributed by atoms with Crippen molar-refractivity contribution in [3.63, 3.8) is 0 Å². The highest BCUT2D eigenvalue weighted by Crippen LogP contribution is 2.24. The SMILES string of the molecule is C=C(C(N)=O)C(C)(C)CN(C)C. The van der Waals surface area contributed by atoms with Gasteiger partial charge in [-0.2, -0.15) is 0 Å². The van der Waals surface area contributed by atoms with E-state index in [9.17, 15) is 4.79 Å². The molecule has 0 aromatic rings. The third-order valence-corrected chi connectivity index (χ3v) is 1.83. The van der Waals surface area contributed by atoms with Crippen LogP contribution in [0.1, 0.15) is 13.8 Å². The Balaban J connectivity index is 4.39. The molecule has 0 fully saturated rings. The van der Waals surface area contributed by atoms with E-state index in [1.54, 1.807) is 0 Å². The maximum Gasteiger partial charge on any atom is 0.244 e. The molecule has 0 saturated heterocycles. The lowest BCUT2D eigenvalue weighted by atomic mass is 9.84. The molecule has 0 aromatic carbocycles. The molecule has 1 amide bonds. The molecule has 0 atom stereocenters. The monoisotopic (exact) mass is 170 g/mol. The molecule has 0 aliphatic carbocycles. The minimum absolute atomic E-state index is 0.241. The molecule has 3 heteroatoms. The number of primary amides is 1. The predicted octanol–water partition coefficient (Wildman–Crippen LogP) is 0.616. The van der Waals surface area contributed by atoms with E-state index >= 15 is 0 Å². The van der Waals surface area contributed by atoms with Crippen molar-refractivity contribution in [3.8, 4) is 0 Å². The van der Waals surface area contributed by atoms with Crippen LogP contribution in [0.4, 0.5) is 0 Å². The van der Waals surface area contributed by atoms with Crippen molar-refractivity contribution in [2.75, 3.05) is 20.6 Å². The van der Waals surface area contributed by atoms with Gasteiger partial charge in [0.15, 0.2) is 0 Å². The highest BCUT2D eigenvalue weighted by molar-refractivity contribution is 5.92. The molecule has 0 aliphatic heterocycles. The Morgan fingerprint density at radius 2 is 1.92 bits per heavy atom. The molecule has 0 radical (unpaired) electrons. The summed E-state index contributed by atoms with van der Waals surface area (Å²) in [5.74, 6) is -0.415. The smallest absolute Gasteiger partial charge is 0.244 e. The maximum atomic E-state index is 10.8. The van der Waals surface area contributed by atoms with Gasteiger partial charge in [0.25, 0.3) is 0 Å². The van der Waals surface area contributed by atoms with Gasteiger partial charge in [0.05, 0.1) is 0 Å². The summed E-state index contributed by atoms with van der Waals surface area (Å²) in [6, 6.07) is 0. The first-order valence-electron chi connectivity index (χ1n) is 3.91. The van der Waals surface area contributed by atoms with E-state index in [1.807, 2.05) is 32.8 Å². The number of rotatable bonds is 4. The Hall–Kier alpha value is -0.830. The van der Waals surface area contributed by atoms with Crippen LogP contribution in [0.2, 0.25) is 0 Å². The minimum Gasteiger partial charge on any atom is -0.366 e. The van der Waals surface area contributed by atoms with Gasteiger partial charge in [0, 0.05) is 17.5 Å². The molecule has 0 aliphatic rings. The van der Waals surface area contributed by atoms with Crippen LogP contribution in [0.25, 0.3) is 0 Å². The van der Waals surface area contributed by atoms with Crippen molar-refractivity contribution in [2.24, 2.45) is 11.1 Å². The Labute approximate surface area is 74.2 Å². The van der Waals surface area contributed by atoms with Crippen LogP contribution in [-0.2, 0) is 4.79 Å². The Morgan fingerprint density at radius 1 is 1.50 bits per heavy atom. The fourth-order valence-corrected chi connectivity index (χ4v) is 1.22. The van der Waals surface area contributed by atoms with Gasteiger partial charge in [-0.3, -0.25) is 4.79 Å². The second-order valence-electron chi connectivity index (χ2n) is 3.96. The van der Waals surface area contributed by atoms with Gasteiger partial charge >= 0.3 is 0 Å². The quantitative estimate of drug-likeness (QED) is 0.628. The molecule has 12 heavy (non-hydrogen) atoms. The predicted molar refractivity (Wildman–Crippen MR) is 50.7 cm³/mol. The zero-order chi connectivity index (χ0) is 9.94. The number of carbonyl (C=O) groups excluding carboxylic acids is 1. The topological polar surface area (TPSA) is 46.3 Å². The Kier molecular flexibility index (Phi) is 3.46. The molecule has 2 N–H and O–H groups in total. The van der Waals surface area contributed by atoms with Crippen molar-refractivity contribution in [1.82, 2.24) is 4.90 Å². The Bertz CT molecular complexity index is 195. The number of carbonyl (C=O) groups is 1. The van der Waals surface area contributed by atoms with Gasteiger partial charge in [-0.1, -0.05) is 20.4 Å². The lowest BCUT2D eigenvalue weighted by Gasteiger charge is -2.28. The van der Waals surface area contributed by atoms with Gasteiger partial charge in [-0.05, 0) is 14.1 Å². The van der Waals surface area contributed by atoms with Crippen LogP contribution in [0, 0.1) is 5.41 Å². The van der Waals surface area contributed by atoms with Crippen LogP contribution >= 0.6 is 0 Å². The summed E-state index contributed by atoms with van der Waals surface area (Å²) >= 11 is 0. The summed E-state index contributed by atoms with van der Waals surface area (Å²) in [6.07, 6.45) is 0. The van der Waals surface area contributed by atoms with E-state index in [1.165, 1.54) is 0 Å². The van der Waals surface area contributed by atoms with Crippen molar-refractivity contribution in [3.05, 3.63) is 12.2 Å². The van der Waals surface area contributed by atoms with Crippen molar-refractivity contribution < 1.29 is 4.79 Å². The van der Waals surface area contributed by atoms with Crippen LogP contribution in [-0.4, -0.2) is 31.4 Å². The van der Waals surface area contributed by atoms with E-state index in [0.717, 1.165) is 6.54 Å². The zero-order valence-corrected chi connectivity index (χ0v) is 8.35. The van der Waals surface area contributed by atoms with E-state index in [-0.39, 0.29) is 5.41 Å². The first-order valence-corrected chi connectivity index (χ1v) is 3.91. The van der Waals surface area contributed by atoms with Crippen LogP contribution in [0.15, 0.2) is 12.2 Å². The molecule has 0 heterocycles. The summed E-state index contributed by atoms with van der Waals surface area (Å²) < 4.78 is 0. The van der Waals surface area contributed by atoms with Crippen molar-refractivity contribution in [1.29, 1.82) is 0 Å². The molecule has 0 bridgehead atoms. The molecule has 0 saturated carbocycles. The van der Waals surface area contributed by atoms with Crippen LogP contribution < -0.4 is 5.73 Å².